The summed E-state index contributed by atoms with van der Waals surface area (Å²) in [5.41, 5.74) is 4.76. The number of fused-ring (bicyclic) bond motifs is 3. The maximum Gasteiger partial charge on any atom is 0.194 e. The fraction of sp³-hybridized carbons (Fsp3) is 0.222. The third-order valence-electron chi connectivity index (χ3n) is 4.39. The molecule has 2 aliphatic rings. The summed E-state index contributed by atoms with van der Waals surface area (Å²) >= 11 is 0. The monoisotopic (exact) mass is 298 g/mol. The van der Waals surface area contributed by atoms with Crippen LogP contribution in [-0.2, 0) is 12.8 Å². The summed E-state index contributed by atoms with van der Waals surface area (Å²) in [6.45, 7) is 0. The molecule has 2 nitrogen and oxygen atoms in total. The Morgan fingerprint density at radius 2 is 1.10 bits per heavy atom. The zero-order valence-corrected chi connectivity index (χ0v) is 12.3. The van der Waals surface area contributed by atoms with Crippen molar-refractivity contribution in [3.63, 3.8) is 0 Å². The van der Waals surface area contributed by atoms with Crippen molar-refractivity contribution in [2.75, 3.05) is 0 Å². The SMILES string of the molecule is Cl.O=C1c2ccccc2C(=O)c2cc3c(cc21)CCCC3. The number of ketones is 2. The molecule has 0 fully saturated rings. The van der Waals surface area contributed by atoms with E-state index in [4.69, 9.17) is 0 Å². The standard InChI is InChI=1S/C18H14O2.ClH/c19-17-13-7-3-4-8-14(13)18(20)16-10-12-6-2-1-5-11(12)9-15(16)17;/h3-4,7-10H,1-2,5-6H2;1H. The quantitative estimate of drug-likeness (QED) is 0.633. The number of aryl methyl sites for hydroxylation is 2. The molecular formula is C18H15ClO2. The average Bonchev–Trinajstić information content (AvgIpc) is 2.51. The highest BCUT2D eigenvalue weighted by atomic mass is 35.5. The zero-order valence-electron chi connectivity index (χ0n) is 11.5. The van der Waals surface area contributed by atoms with Gasteiger partial charge >= 0.3 is 0 Å². The van der Waals surface area contributed by atoms with E-state index in [1.54, 1.807) is 12.1 Å². The summed E-state index contributed by atoms with van der Waals surface area (Å²) in [5.74, 6) is -0.0212. The second kappa shape index (κ2) is 5.12. The number of halogens is 1. The number of rotatable bonds is 0. The van der Waals surface area contributed by atoms with Crippen LogP contribution in [0.1, 0.15) is 55.8 Å². The summed E-state index contributed by atoms with van der Waals surface area (Å²) in [5, 5.41) is 0. The molecule has 0 aromatic heterocycles. The Labute approximate surface area is 129 Å². The Bertz CT molecular complexity index is 698. The molecule has 2 aromatic carbocycles. The van der Waals surface area contributed by atoms with E-state index in [1.807, 2.05) is 24.3 Å². The molecular weight excluding hydrogens is 284 g/mol. The summed E-state index contributed by atoms with van der Waals surface area (Å²) in [6, 6.07) is 11.0. The number of hydrogen-bond acceptors (Lipinski definition) is 2. The highest BCUT2D eigenvalue weighted by molar-refractivity contribution is 6.28. The minimum Gasteiger partial charge on any atom is -0.289 e. The van der Waals surface area contributed by atoms with Gasteiger partial charge in [-0.3, -0.25) is 9.59 Å². The topological polar surface area (TPSA) is 34.1 Å². The molecule has 0 heterocycles. The second-order valence-corrected chi connectivity index (χ2v) is 5.58. The Hall–Kier alpha value is -1.93. The third-order valence-corrected chi connectivity index (χ3v) is 4.39. The molecule has 0 atom stereocenters. The molecule has 0 radical (unpaired) electrons. The van der Waals surface area contributed by atoms with Crippen LogP contribution in [0.3, 0.4) is 0 Å². The lowest BCUT2D eigenvalue weighted by molar-refractivity contribution is 0.0979. The fourth-order valence-electron chi connectivity index (χ4n) is 3.33. The Balaban J connectivity index is 0.00000132. The molecule has 0 spiro atoms. The van der Waals surface area contributed by atoms with Crippen molar-refractivity contribution in [1.82, 2.24) is 0 Å². The van der Waals surface area contributed by atoms with Crippen LogP contribution in [0.25, 0.3) is 0 Å². The molecule has 0 amide bonds. The van der Waals surface area contributed by atoms with E-state index in [0.29, 0.717) is 22.3 Å². The lowest BCUT2D eigenvalue weighted by Gasteiger charge is -2.22. The molecule has 0 saturated heterocycles. The molecule has 4 rings (SSSR count). The summed E-state index contributed by atoms with van der Waals surface area (Å²) in [6.07, 6.45) is 4.38. The van der Waals surface area contributed by atoms with Gasteiger partial charge in [-0.1, -0.05) is 24.3 Å². The van der Waals surface area contributed by atoms with Crippen LogP contribution in [0.4, 0.5) is 0 Å². The Morgan fingerprint density at radius 1 is 0.667 bits per heavy atom. The average molecular weight is 299 g/mol. The Kier molecular flexibility index (Phi) is 3.42. The van der Waals surface area contributed by atoms with E-state index in [0.717, 1.165) is 12.8 Å². The van der Waals surface area contributed by atoms with Gasteiger partial charge in [-0.2, -0.15) is 0 Å². The lowest BCUT2D eigenvalue weighted by Crippen LogP contribution is -2.22. The minimum absolute atomic E-state index is 0. The maximum atomic E-state index is 12.6. The molecule has 0 aliphatic heterocycles. The first-order valence-electron chi connectivity index (χ1n) is 7.10. The van der Waals surface area contributed by atoms with Crippen LogP contribution in [0.15, 0.2) is 36.4 Å². The van der Waals surface area contributed by atoms with Crippen LogP contribution in [0.2, 0.25) is 0 Å². The van der Waals surface area contributed by atoms with Crippen LogP contribution in [-0.4, -0.2) is 11.6 Å². The van der Waals surface area contributed by atoms with Crippen molar-refractivity contribution in [2.24, 2.45) is 0 Å². The number of carbonyl (C=O) groups is 2. The fourth-order valence-corrected chi connectivity index (χ4v) is 3.33. The van der Waals surface area contributed by atoms with Crippen LogP contribution < -0.4 is 0 Å². The molecule has 0 bridgehead atoms. The molecule has 0 unspecified atom stereocenters. The van der Waals surface area contributed by atoms with Crippen molar-refractivity contribution >= 4 is 24.0 Å². The predicted molar refractivity (Wildman–Crippen MR) is 83.6 cm³/mol. The summed E-state index contributed by atoms with van der Waals surface area (Å²) in [4.78, 5) is 25.2. The summed E-state index contributed by atoms with van der Waals surface area (Å²) < 4.78 is 0. The van der Waals surface area contributed by atoms with Gasteiger partial charge in [0.25, 0.3) is 0 Å². The molecule has 3 heteroatoms. The second-order valence-electron chi connectivity index (χ2n) is 5.58. The largest absolute Gasteiger partial charge is 0.289 e. The lowest BCUT2D eigenvalue weighted by atomic mass is 9.79. The van der Waals surface area contributed by atoms with Gasteiger partial charge < -0.3 is 0 Å². The third kappa shape index (κ3) is 2.02. The van der Waals surface area contributed by atoms with Crippen molar-refractivity contribution in [2.45, 2.75) is 25.7 Å². The van der Waals surface area contributed by atoms with Crippen molar-refractivity contribution in [3.8, 4) is 0 Å². The van der Waals surface area contributed by atoms with E-state index >= 15 is 0 Å². The van der Waals surface area contributed by atoms with E-state index in [-0.39, 0.29) is 24.0 Å². The highest BCUT2D eigenvalue weighted by Gasteiger charge is 2.30. The first-order valence-corrected chi connectivity index (χ1v) is 7.10. The minimum atomic E-state index is -0.0106. The molecule has 106 valence electrons. The van der Waals surface area contributed by atoms with Crippen LogP contribution >= 0.6 is 12.4 Å². The van der Waals surface area contributed by atoms with E-state index in [9.17, 15) is 9.59 Å². The van der Waals surface area contributed by atoms with Gasteiger partial charge in [0.05, 0.1) is 0 Å². The maximum absolute atomic E-state index is 12.6. The van der Waals surface area contributed by atoms with Crippen molar-refractivity contribution in [1.29, 1.82) is 0 Å². The molecule has 2 aromatic rings. The van der Waals surface area contributed by atoms with Gasteiger partial charge in [0, 0.05) is 22.3 Å². The van der Waals surface area contributed by atoms with Gasteiger partial charge in [-0.15, -0.1) is 12.4 Å². The van der Waals surface area contributed by atoms with Gasteiger partial charge in [0.1, 0.15) is 0 Å². The number of carbonyl (C=O) groups excluding carboxylic acids is 2. The molecule has 21 heavy (non-hydrogen) atoms. The van der Waals surface area contributed by atoms with Crippen LogP contribution in [0.5, 0.6) is 0 Å². The van der Waals surface area contributed by atoms with Gasteiger partial charge in [-0.05, 0) is 48.9 Å². The van der Waals surface area contributed by atoms with Crippen molar-refractivity contribution < 1.29 is 9.59 Å². The van der Waals surface area contributed by atoms with Crippen LogP contribution in [0, 0.1) is 0 Å². The molecule has 0 N–H and O–H groups in total. The zero-order chi connectivity index (χ0) is 13.7. The van der Waals surface area contributed by atoms with E-state index in [2.05, 4.69) is 0 Å². The van der Waals surface area contributed by atoms with Gasteiger partial charge in [-0.25, -0.2) is 0 Å². The number of benzene rings is 2. The highest BCUT2D eigenvalue weighted by Crippen LogP contribution is 2.32. The molecule has 2 aliphatic carbocycles. The normalized spacial score (nSPS) is 15.6. The van der Waals surface area contributed by atoms with Crippen molar-refractivity contribution in [3.05, 3.63) is 69.8 Å². The first-order chi connectivity index (χ1) is 9.75. The van der Waals surface area contributed by atoms with Gasteiger partial charge in [0.2, 0.25) is 0 Å². The predicted octanol–water partition coefficient (Wildman–Crippen LogP) is 3.76. The molecule has 0 saturated carbocycles. The van der Waals surface area contributed by atoms with E-state index < -0.39 is 0 Å². The Morgan fingerprint density at radius 3 is 1.52 bits per heavy atom. The summed E-state index contributed by atoms with van der Waals surface area (Å²) in [7, 11) is 0. The first kappa shape index (κ1) is 14.0. The van der Waals surface area contributed by atoms with E-state index in [1.165, 1.54) is 24.0 Å². The number of hydrogen-bond donors (Lipinski definition) is 0. The smallest absolute Gasteiger partial charge is 0.194 e. The van der Waals surface area contributed by atoms with Gasteiger partial charge in [0.15, 0.2) is 11.6 Å².